The third-order valence-corrected chi connectivity index (χ3v) is 4.59. The van der Waals surface area contributed by atoms with Crippen LogP contribution in [0, 0.1) is 6.92 Å². The molecule has 1 aromatic rings. The molecule has 0 radical (unpaired) electrons. The van der Waals surface area contributed by atoms with E-state index >= 15 is 0 Å². The van der Waals surface area contributed by atoms with Gasteiger partial charge in [-0.1, -0.05) is 36.8 Å². The lowest BCUT2D eigenvalue weighted by Crippen LogP contribution is -2.56. The van der Waals surface area contributed by atoms with Gasteiger partial charge in [-0.3, -0.25) is 14.5 Å². The van der Waals surface area contributed by atoms with Crippen molar-refractivity contribution in [2.75, 3.05) is 19.6 Å². The van der Waals surface area contributed by atoms with Crippen LogP contribution in [0.4, 0.5) is 0 Å². The Morgan fingerprint density at radius 3 is 2.79 bits per heavy atom. The van der Waals surface area contributed by atoms with Crippen LogP contribution in [0.5, 0.6) is 0 Å². The van der Waals surface area contributed by atoms with Crippen LogP contribution >= 0.6 is 0 Å². The van der Waals surface area contributed by atoms with Gasteiger partial charge in [0, 0.05) is 25.7 Å². The Morgan fingerprint density at radius 2 is 2.17 bits per heavy atom. The highest BCUT2D eigenvalue weighted by Gasteiger charge is 2.32. The Balaban J connectivity index is 2.09. The fourth-order valence-corrected chi connectivity index (χ4v) is 3.21. The predicted octanol–water partition coefficient (Wildman–Crippen LogP) is 1.94. The van der Waals surface area contributed by atoms with Gasteiger partial charge in [0.05, 0.1) is 12.5 Å². The second kappa shape index (κ2) is 8.29. The first-order chi connectivity index (χ1) is 11.4. The van der Waals surface area contributed by atoms with Gasteiger partial charge in [0.2, 0.25) is 11.8 Å². The van der Waals surface area contributed by atoms with E-state index in [1.165, 1.54) is 5.56 Å². The van der Waals surface area contributed by atoms with E-state index in [0.717, 1.165) is 18.7 Å². The molecule has 0 bridgehead atoms. The minimum absolute atomic E-state index is 0.0317. The van der Waals surface area contributed by atoms with Crippen molar-refractivity contribution in [1.29, 1.82) is 0 Å². The SMILES string of the molecule is CCN1CCNC(=O)C1CC(=O)N(Cc1cccc(C)c1)C(C)C. The van der Waals surface area contributed by atoms with Crippen molar-refractivity contribution < 1.29 is 9.59 Å². The smallest absolute Gasteiger partial charge is 0.237 e. The van der Waals surface area contributed by atoms with Gasteiger partial charge in [-0.2, -0.15) is 0 Å². The molecule has 132 valence electrons. The highest BCUT2D eigenvalue weighted by molar-refractivity contribution is 5.89. The van der Waals surface area contributed by atoms with Crippen molar-refractivity contribution in [3.8, 4) is 0 Å². The first-order valence-electron chi connectivity index (χ1n) is 8.79. The van der Waals surface area contributed by atoms with Gasteiger partial charge in [0.1, 0.15) is 0 Å². The van der Waals surface area contributed by atoms with Gasteiger partial charge in [-0.25, -0.2) is 0 Å². The van der Waals surface area contributed by atoms with Crippen LogP contribution in [0.3, 0.4) is 0 Å². The normalized spacial score (nSPS) is 18.5. The fourth-order valence-electron chi connectivity index (χ4n) is 3.21. The number of carbonyl (C=O) groups is 2. The molecule has 1 N–H and O–H groups in total. The van der Waals surface area contributed by atoms with Crippen molar-refractivity contribution in [3.63, 3.8) is 0 Å². The molecule has 1 unspecified atom stereocenters. The van der Waals surface area contributed by atoms with E-state index in [2.05, 4.69) is 29.3 Å². The largest absolute Gasteiger partial charge is 0.353 e. The molecule has 0 aromatic heterocycles. The number of aryl methyl sites for hydroxylation is 1. The van der Waals surface area contributed by atoms with Crippen molar-refractivity contribution in [2.45, 2.75) is 52.7 Å². The second-order valence-corrected chi connectivity index (χ2v) is 6.74. The van der Waals surface area contributed by atoms with E-state index in [0.29, 0.717) is 13.1 Å². The number of hydrogen-bond acceptors (Lipinski definition) is 3. The topological polar surface area (TPSA) is 52.7 Å². The molecule has 0 saturated carbocycles. The molecule has 1 saturated heterocycles. The Morgan fingerprint density at radius 1 is 1.42 bits per heavy atom. The number of rotatable bonds is 6. The molecule has 24 heavy (non-hydrogen) atoms. The summed E-state index contributed by atoms with van der Waals surface area (Å²) < 4.78 is 0. The Kier molecular flexibility index (Phi) is 6.37. The minimum Gasteiger partial charge on any atom is -0.353 e. The number of likely N-dealkylation sites (N-methyl/N-ethyl adjacent to an activating group) is 1. The van der Waals surface area contributed by atoms with Crippen LogP contribution < -0.4 is 5.32 Å². The lowest BCUT2D eigenvalue weighted by molar-refractivity contribution is -0.140. The van der Waals surface area contributed by atoms with Crippen LogP contribution in [0.25, 0.3) is 0 Å². The van der Waals surface area contributed by atoms with Crippen LogP contribution in [0.15, 0.2) is 24.3 Å². The number of nitrogens with one attached hydrogen (secondary N) is 1. The maximum absolute atomic E-state index is 12.9. The van der Waals surface area contributed by atoms with Crippen molar-refractivity contribution in [3.05, 3.63) is 35.4 Å². The first kappa shape index (κ1) is 18.5. The fraction of sp³-hybridized carbons (Fsp3) is 0.579. The van der Waals surface area contributed by atoms with E-state index in [9.17, 15) is 9.59 Å². The Bertz CT molecular complexity index is 586. The third kappa shape index (κ3) is 4.57. The lowest BCUT2D eigenvalue weighted by Gasteiger charge is -2.35. The summed E-state index contributed by atoms with van der Waals surface area (Å²) in [5.74, 6) is 0.00252. The number of nitrogens with zero attached hydrogens (tertiary/aromatic N) is 2. The third-order valence-electron chi connectivity index (χ3n) is 4.59. The molecule has 2 amide bonds. The van der Waals surface area contributed by atoms with E-state index < -0.39 is 0 Å². The molecule has 0 spiro atoms. The maximum Gasteiger partial charge on any atom is 0.237 e. The summed E-state index contributed by atoms with van der Waals surface area (Å²) in [6, 6.07) is 7.96. The van der Waals surface area contributed by atoms with E-state index in [-0.39, 0.29) is 30.3 Å². The van der Waals surface area contributed by atoms with Crippen LogP contribution in [-0.4, -0.2) is 53.3 Å². The molecule has 5 heteroatoms. The second-order valence-electron chi connectivity index (χ2n) is 6.74. The first-order valence-corrected chi connectivity index (χ1v) is 8.79. The highest BCUT2D eigenvalue weighted by Crippen LogP contribution is 2.15. The molecule has 0 aliphatic carbocycles. The monoisotopic (exact) mass is 331 g/mol. The predicted molar refractivity (Wildman–Crippen MR) is 95.5 cm³/mol. The van der Waals surface area contributed by atoms with Crippen molar-refractivity contribution in [2.24, 2.45) is 0 Å². The number of benzene rings is 1. The molecule has 1 aliphatic heterocycles. The van der Waals surface area contributed by atoms with Gasteiger partial charge in [-0.15, -0.1) is 0 Å². The van der Waals surface area contributed by atoms with E-state index in [1.54, 1.807) is 0 Å². The minimum atomic E-state index is -0.352. The summed E-state index contributed by atoms with van der Waals surface area (Å²) in [4.78, 5) is 29.0. The number of piperazine rings is 1. The standard InChI is InChI=1S/C19H29N3O2/c1-5-21-10-9-20-19(24)17(21)12-18(23)22(14(2)3)13-16-8-6-7-15(4)11-16/h6-8,11,14,17H,5,9-10,12-13H2,1-4H3,(H,20,24). The molecule has 1 atom stereocenters. The quantitative estimate of drug-likeness (QED) is 0.867. The molecule has 1 aromatic carbocycles. The number of hydrogen-bond donors (Lipinski definition) is 1. The molecule has 1 heterocycles. The number of amides is 2. The summed E-state index contributed by atoms with van der Waals surface area (Å²) in [6.07, 6.45) is 0.240. The van der Waals surface area contributed by atoms with E-state index in [1.807, 2.05) is 37.8 Å². The van der Waals surface area contributed by atoms with Gasteiger partial charge >= 0.3 is 0 Å². The van der Waals surface area contributed by atoms with Crippen LogP contribution in [0.2, 0.25) is 0 Å². The molecular weight excluding hydrogens is 302 g/mol. The maximum atomic E-state index is 12.9. The summed E-state index contributed by atoms with van der Waals surface area (Å²) in [7, 11) is 0. The van der Waals surface area contributed by atoms with Crippen molar-refractivity contribution in [1.82, 2.24) is 15.1 Å². The van der Waals surface area contributed by atoms with Gasteiger partial charge in [0.15, 0.2) is 0 Å². The zero-order valence-electron chi connectivity index (χ0n) is 15.2. The molecule has 1 aliphatic rings. The summed E-state index contributed by atoms with van der Waals surface area (Å²) in [6.45, 7) is 11.0. The number of carbonyl (C=O) groups excluding carboxylic acids is 2. The Labute approximate surface area is 145 Å². The summed E-state index contributed by atoms with van der Waals surface area (Å²) in [5, 5.41) is 2.88. The van der Waals surface area contributed by atoms with Crippen molar-refractivity contribution >= 4 is 11.8 Å². The summed E-state index contributed by atoms with van der Waals surface area (Å²) in [5.41, 5.74) is 2.31. The molecule has 2 rings (SSSR count). The zero-order valence-corrected chi connectivity index (χ0v) is 15.2. The zero-order chi connectivity index (χ0) is 17.7. The lowest BCUT2D eigenvalue weighted by atomic mass is 10.1. The molecule has 1 fully saturated rings. The van der Waals surface area contributed by atoms with Gasteiger partial charge in [0.25, 0.3) is 0 Å². The van der Waals surface area contributed by atoms with Gasteiger partial charge < -0.3 is 10.2 Å². The van der Waals surface area contributed by atoms with E-state index in [4.69, 9.17) is 0 Å². The average Bonchev–Trinajstić information content (AvgIpc) is 2.54. The summed E-state index contributed by atoms with van der Waals surface area (Å²) >= 11 is 0. The highest BCUT2D eigenvalue weighted by atomic mass is 16.2. The van der Waals surface area contributed by atoms with Crippen LogP contribution in [-0.2, 0) is 16.1 Å². The Hall–Kier alpha value is -1.88. The molecule has 5 nitrogen and oxygen atoms in total. The van der Waals surface area contributed by atoms with Gasteiger partial charge in [-0.05, 0) is 32.9 Å². The average molecular weight is 331 g/mol. The van der Waals surface area contributed by atoms with Crippen LogP contribution in [0.1, 0.15) is 38.3 Å². The molecular formula is C19H29N3O2.